The summed E-state index contributed by atoms with van der Waals surface area (Å²) >= 11 is 6.00. The van der Waals surface area contributed by atoms with Gasteiger partial charge < -0.3 is 14.9 Å². The molecule has 6 nitrogen and oxygen atoms in total. The van der Waals surface area contributed by atoms with Crippen LogP contribution >= 0.6 is 11.6 Å². The third kappa shape index (κ3) is 4.06. The predicted octanol–water partition coefficient (Wildman–Crippen LogP) is 3.39. The van der Waals surface area contributed by atoms with Crippen LogP contribution in [-0.4, -0.2) is 55.1 Å². The smallest absolute Gasteiger partial charge is 0.282 e. The monoisotopic (exact) mass is 427 g/mol. The molecule has 0 aromatic heterocycles. The molecule has 0 radical (unpaired) electrons. The van der Waals surface area contributed by atoms with E-state index in [9.17, 15) is 14.7 Å². The van der Waals surface area contributed by atoms with E-state index >= 15 is 0 Å². The Kier molecular flexibility index (Phi) is 6.80. The molecule has 2 amide bonds. The number of hydrogen-bond acceptors (Lipinski definition) is 5. The van der Waals surface area contributed by atoms with Crippen LogP contribution in [0.25, 0.3) is 5.57 Å². The van der Waals surface area contributed by atoms with E-state index in [1.54, 1.807) is 48.3 Å². The molecular formula is C23H26ClN3O3. The number of anilines is 2. The van der Waals surface area contributed by atoms with Crippen molar-refractivity contribution < 1.29 is 14.7 Å². The van der Waals surface area contributed by atoms with E-state index < -0.39 is 11.8 Å². The van der Waals surface area contributed by atoms with Gasteiger partial charge in [0.05, 0.1) is 17.9 Å². The number of carbonyl (C=O) groups excluding carboxylic acids is 2. The second kappa shape index (κ2) is 9.32. The van der Waals surface area contributed by atoms with E-state index in [-0.39, 0.29) is 18.8 Å². The number of halogens is 1. The minimum Gasteiger partial charge on any atom is -0.395 e. The van der Waals surface area contributed by atoms with Crippen LogP contribution < -0.4 is 9.80 Å². The van der Waals surface area contributed by atoms with Crippen molar-refractivity contribution in [1.82, 2.24) is 4.90 Å². The molecule has 0 spiro atoms. The molecule has 1 N–H and O–H groups in total. The Morgan fingerprint density at radius 2 is 1.53 bits per heavy atom. The summed E-state index contributed by atoms with van der Waals surface area (Å²) in [6, 6.07) is 14.2. The van der Waals surface area contributed by atoms with E-state index in [4.69, 9.17) is 11.6 Å². The minimum absolute atomic E-state index is 0.131. The summed E-state index contributed by atoms with van der Waals surface area (Å²) in [4.78, 5) is 31.7. The summed E-state index contributed by atoms with van der Waals surface area (Å²) in [5.41, 5.74) is 2.73. The third-order valence-corrected chi connectivity index (χ3v) is 5.50. The highest BCUT2D eigenvalue weighted by Gasteiger charge is 2.41. The standard InChI is InChI=1S/C23H26ClN3O3/c1-4-26(5-2)18-10-12-19(13-11-18)27-22(29)20(16-6-8-17(24)9-7-16)21(23(27)30)25(3)14-15-28/h6-13,28H,4-5,14-15H2,1-3H3. The van der Waals surface area contributed by atoms with Gasteiger partial charge in [-0.15, -0.1) is 0 Å². The number of amides is 2. The summed E-state index contributed by atoms with van der Waals surface area (Å²) in [6.07, 6.45) is 0. The lowest BCUT2D eigenvalue weighted by molar-refractivity contribution is -0.120. The topological polar surface area (TPSA) is 64.1 Å². The van der Waals surface area contributed by atoms with Crippen molar-refractivity contribution in [1.29, 1.82) is 0 Å². The highest BCUT2D eigenvalue weighted by Crippen LogP contribution is 2.35. The van der Waals surface area contributed by atoms with E-state index in [2.05, 4.69) is 18.7 Å². The first-order valence-electron chi connectivity index (χ1n) is 9.98. The Morgan fingerprint density at radius 3 is 2.07 bits per heavy atom. The van der Waals surface area contributed by atoms with Gasteiger partial charge in [0, 0.05) is 37.4 Å². The molecule has 0 saturated carbocycles. The number of carbonyl (C=O) groups is 2. The Labute approximate surface area is 182 Å². The molecule has 0 aliphatic carbocycles. The summed E-state index contributed by atoms with van der Waals surface area (Å²) in [6.45, 7) is 6.01. The predicted molar refractivity (Wildman–Crippen MR) is 121 cm³/mol. The van der Waals surface area contributed by atoms with Gasteiger partial charge in [-0.1, -0.05) is 23.7 Å². The molecule has 1 aliphatic heterocycles. The van der Waals surface area contributed by atoms with Crippen molar-refractivity contribution >= 4 is 40.4 Å². The van der Waals surface area contributed by atoms with Crippen molar-refractivity contribution in [3.8, 4) is 0 Å². The van der Waals surface area contributed by atoms with Gasteiger partial charge in [0.2, 0.25) is 0 Å². The van der Waals surface area contributed by atoms with Gasteiger partial charge in [0.25, 0.3) is 11.8 Å². The normalized spacial score (nSPS) is 14.0. The molecule has 0 unspecified atom stereocenters. The first-order chi connectivity index (χ1) is 14.4. The number of aliphatic hydroxyl groups excluding tert-OH is 1. The quantitative estimate of drug-likeness (QED) is 0.654. The SMILES string of the molecule is CCN(CC)c1ccc(N2C(=O)C(c3ccc(Cl)cc3)=C(N(C)CCO)C2=O)cc1. The number of hydrogen-bond donors (Lipinski definition) is 1. The molecule has 0 bridgehead atoms. The van der Waals surface area contributed by atoms with Gasteiger partial charge in [-0.25, -0.2) is 4.90 Å². The zero-order valence-electron chi connectivity index (χ0n) is 17.4. The Balaban J connectivity index is 2.02. The Hall–Kier alpha value is -2.83. The lowest BCUT2D eigenvalue weighted by Crippen LogP contribution is -2.35. The molecule has 2 aromatic carbocycles. The van der Waals surface area contributed by atoms with Crippen LogP contribution in [0.4, 0.5) is 11.4 Å². The molecule has 1 heterocycles. The van der Waals surface area contributed by atoms with Crippen molar-refractivity contribution in [2.24, 2.45) is 0 Å². The first-order valence-corrected chi connectivity index (χ1v) is 10.4. The molecule has 30 heavy (non-hydrogen) atoms. The highest BCUT2D eigenvalue weighted by molar-refractivity contribution is 6.45. The second-order valence-corrected chi connectivity index (χ2v) is 7.45. The van der Waals surface area contributed by atoms with E-state index in [0.717, 1.165) is 18.8 Å². The van der Waals surface area contributed by atoms with Gasteiger partial charge in [-0.3, -0.25) is 9.59 Å². The summed E-state index contributed by atoms with van der Waals surface area (Å²) in [7, 11) is 1.69. The van der Waals surface area contributed by atoms with Crippen LogP contribution in [0.3, 0.4) is 0 Å². The molecule has 158 valence electrons. The second-order valence-electron chi connectivity index (χ2n) is 7.01. The fraction of sp³-hybridized carbons (Fsp3) is 0.304. The molecule has 0 atom stereocenters. The molecule has 2 aromatic rings. The maximum absolute atomic E-state index is 13.4. The zero-order valence-corrected chi connectivity index (χ0v) is 18.2. The van der Waals surface area contributed by atoms with E-state index in [1.807, 2.05) is 12.1 Å². The highest BCUT2D eigenvalue weighted by atomic mass is 35.5. The molecule has 1 aliphatic rings. The Morgan fingerprint density at radius 1 is 0.933 bits per heavy atom. The molecule has 0 saturated heterocycles. The van der Waals surface area contributed by atoms with Crippen molar-refractivity contribution in [2.75, 3.05) is 43.1 Å². The largest absolute Gasteiger partial charge is 0.395 e. The van der Waals surface area contributed by atoms with Gasteiger partial charge >= 0.3 is 0 Å². The number of aliphatic hydroxyl groups is 1. The van der Waals surface area contributed by atoms with Gasteiger partial charge in [0.15, 0.2) is 0 Å². The first kappa shape index (κ1) is 21.9. The fourth-order valence-corrected chi connectivity index (χ4v) is 3.77. The third-order valence-electron chi connectivity index (χ3n) is 5.25. The maximum Gasteiger partial charge on any atom is 0.282 e. The Bertz CT molecular complexity index is 951. The molecule has 3 rings (SSSR count). The molecule has 7 heteroatoms. The van der Waals surface area contributed by atoms with E-state index in [0.29, 0.717) is 21.8 Å². The molecule has 0 fully saturated rings. The number of rotatable bonds is 8. The van der Waals surface area contributed by atoms with Crippen molar-refractivity contribution in [3.05, 3.63) is 64.8 Å². The maximum atomic E-state index is 13.4. The van der Waals surface area contributed by atoms with Crippen LogP contribution in [0, 0.1) is 0 Å². The van der Waals surface area contributed by atoms with E-state index in [1.165, 1.54) is 4.90 Å². The zero-order chi connectivity index (χ0) is 21.8. The minimum atomic E-state index is -0.406. The van der Waals surface area contributed by atoms with Crippen LogP contribution in [0.2, 0.25) is 5.02 Å². The summed E-state index contributed by atoms with van der Waals surface area (Å²) < 4.78 is 0. The fourth-order valence-electron chi connectivity index (χ4n) is 3.65. The number of benzene rings is 2. The summed E-state index contributed by atoms with van der Waals surface area (Å²) in [5.74, 6) is -0.797. The van der Waals surface area contributed by atoms with Gasteiger partial charge in [-0.05, 0) is 55.8 Å². The molecular weight excluding hydrogens is 402 g/mol. The van der Waals surface area contributed by atoms with Crippen molar-refractivity contribution in [2.45, 2.75) is 13.8 Å². The number of imide groups is 1. The lowest BCUT2D eigenvalue weighted by Gasteiger charge is -2.23. The van der Waals surface area contributed by atoms with Crippen LogP contribution in [-0.2, 0) is 9.59 Å². The lowest BCUT2D eigenvalue weighted by atomic mass is 10.0. The van der Waals surface area contributed by atoms with Gasteiger partial charge in [-0.2, -0.15) is 0 Å². The van der Waals surface area contributed by atoms with Crippen LogP contribution in [0.5, 0.6) is 0 Å². The number of nitrogens with zero attached hydrogens (tertiary/aromatic N) is 3. The number of likely N-dealkylation sites (N-methyl/N-ethyl adjacent to an activating group) is 1. The average Bonchev–Trinajstić information content (AvgIpc) is 3.00. The van der Waals surface area contributed by atoms with Gasteiger partial charge in [0.1, 0.15) is 5.70 Å². The average molecular weight is 428 g/mol. The van der Waals surface area contributed by atoms with Crippen LogP contribution in [0.1, 0.15) is 19.4 Å². The summed E-state index contributed by atoms with van der Waals surface area (Å²) in [5, 5.41) is 9.90. The van der Waals surface area contributed by atoms with Crippen LogP contribution in [0.15, 0.2) is 54.2 Å². The van der Waals surface area contributed by atoms with Crippen molar-refractivity contribution in [3.63, 3.8) is 0 Å².